The highest BCUT2D eigenvalue weighted by molar-refractivity contribution is 5.84. The van der Waals surface area contributed by atoms with Crippen LogP contribution in [0.2, 0.25) is 0 Å². The molecule has 2 rings (SSSR count). The van der Waals surface area contributed by atoms with E-state index < -0.39 is 22.4 Å². The number of non-ortho nitro benzene ring substituents is 1. The highest BCUT2D eigenvalue weighted by atomic mass is 19.4. The summed E-state index contributed by atoms with van der Waals surface area (Å²) in [5.74, 6) is 0.269. The van der Waals surface area contributed by atoms with E-state index >= 15 is 0 Å². The molecule has 0 saturated heterocycles. The van der Waals surface area contributed by atoms with E-state index in [2.05, 4.69) is 0 Å². The summed E-state index contributed by atoms with van der Waals surface area (Å²) < 4.78 is 43.0. The van der Waals surface area contributed by atoms with Crippen molar-refractivity contribution in [1.29, 1.82) is 0 Å². The second-order valence-electron chi connectivity index (χ2n) is 3.52. The Bertz CT molecular complexity index is 601. The summed E-state index contributed by atoms with van der Waals surface area (Å²) >= 11 is 0. The van der Waals surface area contributed by atoms with Gasteiger partial charge in [-0.1, -0.05) is 0 Å². The molecule has 0 amide bonds. The smallest absolute Gasteiger partial charge is 0.420 e. The van der Waals surface area contributed by atoms with E-state index in [-0.39, 0.29) is 16.7 Å². The Morgan fingerprint density at radius 1 is 1.29 bits per heavy atom. The van der Waals surface area contributed by atoms with E-state index in [0.717, 1.165) is 6.07 Å². The van der Waals surface area contributed by atoms with E-state index in [1.807, 2.05) is 0 Å². The minimum absolute atomic E-state index is 0.0732. The maximum absolute atomic E-state index is 12.7. The number of furan rings is 1. The Balaban J connectivity index is 2.82. The molecule has 0 spiro atoms. The summed E-state index contributed by atoms with van der Waals surface area (Å²) in [7, 11) is 0. The maximum atomic E-state index is 12.7. The highest BCUT2D eigenvalue weighted by Gasteiger charge is 2.36. The molecule has 0 radical (unpaired) electrons. The van der Waals surface area contributed by atoms with Gasteiger partial charge in [0.15, 0.2) is 0 Å². The summed E-state index contributed by atoms with van der Waals surface area (Å²) in [6.45, 7) is 1.48. The molecule has 17 heavy (non-hydrogen) atoms. The number of rotatable bonds is 1. The molecule has 0 saturated carbocycles. The van der Waals surface area contributed by atoms with E-state index in [1.165, 1.54) is 13.0 Å². The average molecular weight is 245 g/mol. The van der Waals surface area contributed by atoms with Crippen molar-refractivity contribution in [3.63, 3.8) is 0 Å². The molecule has 0 aliphatic rings. The first-order valence-electron chi connectivity index (χ1n) is 4.55. The van der Waals surface area contributed by atoms with Gasteiger partial charge in [-0.3, -0.25) is 10.1 Å². The lowest BCUT2D eigenvalue weighted by Crippen LogP contribution is -2.06. The van der Waals surface area contributed by atoms with Crippen molar-refractivity contribution in [2.75, 3.05) is 0 Å². The molecule has 90 valence electrons. The number of aryl methyl sites for hydroxylation is 1. The number of nitrogens with zero attached hydrogens (tertiary/aromatic N) is 1. The zero-order chi connectivity index (χ0) is 12.8. The van der Waals surface area contributed by atoms with Gasteiger partial charge in [-0.25, -0.2) is 0 Å². The molecule has 1 aromatic heterocycles. The maximum Gasteiger partial charge on any atom is 0.420 e. The van der Waals surface area contributed by atoms with Crippen molar-refractivity contribution in [2.45, 2.75) is 13.1 Å². The first-order valence-corrected chi connectivity index (χ1v) is 4.55. The van der Waals surface area contributed by atoms with Gasteiger partial charge in [0.1, 0.15) is 16.9 Å². The number of nitro benzene ring substituents is 1. The SMILES string of the molecule is Cc1cc2cc([N+](=O)[O-])cc(C(F)(F)F)c2o1. The van der Waals surface area contributed by atoms with Gasteiger partial charge in [0.2, 0.25) is 0 Å². The minimum Gasteiger partial charge on any atom is -0.461 e. The molecule has 1 heterocycles. The second-order valence-corrected chi connectivity index (χ2v) is 3.52. The second kappa shape index (κ2) is 3.47. The molecule has 0 unspecified atom stereocenters. The van der Waals surface area contributed by atoms with Crippen molar-refractivity contribution < 1.29 is 22.5 Å². The zero-order valence-corrected chi connectivity index (χ0v) is 8.54. The molecule has 7 heteroatoms. The fraction of sp³-hybridized carbons (Fsp3) is 0.200. The fourth-order valence-corrected chi connectivity index (χ4v) is 1.58. The molecular weight excluding hydrogens is 239 g/mol. The largest absolute Gasteiger partial charge is 0.461 e. The predicted molar refractivity (Wildman–Crippen MR) is 52.6 cm³/mol. The highest BCUT2D eigenvalue weighted by Crippen LogP contribution is 2.38. The number of halogens is 3. The van der Waals surface area contributed by atoms with Crippen LogP contribution < -0.4 is 0 Å². The first kappa shape index (κ1) is 11.4. The van der Waals surface area contributed by atoms with E-state index in [1.54, 1.807) is 0 Å². The van der Waals surface area contributed by atoms with Gasteiger partial charge in [-0.05, 0) is 13.0 Å². The average Bonchev–Trinajstić information content (AvgIpc) is 2.54. The van der Waals surface area contributed by atoms with Crippen LogP contribution in [-0.4, -0.2) is 4.92 Å². The number of hydrogen-bond donors (Lipinski definition) is 0. The van der Waals surface area contributed by atoms with Crippen LogP contribution in [0, 0.1) is 17.0 Å². The third-order valence-corrected chi connectivity index (χ3v) is 2.24. The quantitative estimate of drug-likeness (QED) is 0.569. The van der Waals surface area contributed by atoms with Gasteiger partial charge in [-0.15, -0.1) is 0 Å². The van der Waals surface area contributed by atoms with E-state index in [0.29, 0.717) is 6.07 Å². The summed E-state index contributed by atoms with van der Waals surface area (Å²) in [5.41, 5.74) is -2.11. The molecule has 0 fully saturated rings. The summed E-state index contributed by atoms with van der Waals surface area (Å²) in [6, 6.07) is 2.86. The molecule has 0 N–H and O–H groups in total. The summed E-state index contributed by atoms with van der Waals surface area (Å²) in [4.78, 5) is 9.67. The van der Waals surface area contributed by atoms with Crippen LogP contribution in [0.3, 0.4) is 0 Å². The van der Waals surface area contributed by atoms with Crippen LogP contribution in [0.4, 0.5) is 18.9 Å². The van der Waals surface area contributed by atoms with Gasteiger partial charge in [0.25, 0.3) is 5.69 Å². The Morgan fingerprint density at radius 3 is 2.47 bits per heavy atom. The minimum atomic E-state index is -4.69. The zero-order valence-electron chi connectivity index (χ0n) is 8.54. The Kier molecular flexibility index (Phi) is 2.34. The fourth-order valence-electron chi connectivity index (χ4n) is 1.58. The standard InChI is InChI=1S/C10H6F3NO3/c1-5-2-6-3-7(14(15)16)4-8(9(6)17-5)10(11,12)13/h2-4H,1H3. The number of hydrogen-bond acceptors (Lipinski definition) is 3. The molecule has 0 aliphatic carbocycles. The Hall–Kier alpha value is -2.05. The molecule has 1 aromatic carbocycles. The number of nitro groups is 1. The third kappa shape index (κ3) is 1.95. The Labute approximate surface area is 92.8 Å². The van der Waals surface area contributed by atoms with Crippen LogP contribution in [0.25, 0.3) is 11.0 Å². The lowest BCUT2D eigenvalue weighted by Gasteiger charge is -2.06. The molecular formula is C10H6F3NO3. The van der Waals surface area contributed by atoms with Gasteiger partial charge in [0, 0.05) is 17.5 Å². The lowest BCUT2D eigenvalue weighted by atomic mass is 10.1. The lowest BCUT2D eigenvalue weighted by molar-refractivity contribution is -0.385. The summed E-state index contributed by atoms with van der Waals surface area (Å²) in [6.07, 6.45) is -4.69. The monoisotopic (exact) mass is 245 g/mol. The number of fused-ring (bicyclic) bond motifs is 1. The number of alkyl halides is 3. The van der Waals surface area contributed by atoms with Crippen LogP contribution in [0.5, 0.6) is 0 Å². The van der Waals surface area contributed by atoms with Crippen LogP contribution in [0.1, 0.15) is 11.3 Å². The van der Waals surface area contributed by atoms with Crippen molar-refractivity contribution >= 4 is 16.7 Å². The number of benzene rings is 1. The van der Waals surface area contributed by atoms with Crippen molar-refractivity contribution in [3.8, 4) is 0 Å². The first-order chi connectivity index (χ1) is 7.79. The van der Waals surface area contributed by atoms with Crippen LogP contribution >= 0.6 is 0 Å². The normalized spacial score (nSPS) is 12.0. The van der Waals surface area contributed by atoms with Crippen molar-refractivity contribution in [1.82, 2.24) is 0 Å². The molecule has 4 nitrogen and oxygen atoms in total. The topological polar surface area (TPSA) is 56.3 Å². The molecule has 0 bridgehead atoms. The van der Waals surface area contributed by atoms with E-state index in [9.17, 15) is 23.3 Å². The van der Waals surface area contributed by atoms with Gasteiger partial charge < -0.3 is 4.42 Å². The predicted octanol–water partition coefficient (Wildman–Crippen LogP) is 3.67. The van der Waals surface area contributed by atoms with Crippen molar-refractivity contribution in [2.24, 2.45) is 0 Å². The third-order valence-electron chi connectivity index (χ3n) is 2.24. The van der Waals surface area contributed by atoms with Crippen LogP contribution in [-0.2, 0) is 6.18 Å². The van der Waals surface area contributed by atoms with Gasteiger partial charge in [0.05, 0.1) is 4.92 Å². The summed E-state index contributed by atoms with van der Waals surface area (Å²) in [5, 5.41) is 10.6. The van der Waals surface area contributed by atoms with Gasteiger partial charge in [-0.2, -0.15) is 13.2 Å². The van der Waals surface area contributed by atoms with E-state index in [4.69, 9.17) is 4.42 Å². The van der Waals surface area contributed by atoms with Crippen molar-refractivity contribution in [3.05, 3.63) is 39.6 Å². The molecule has 0 aliphatic heterocycles. The molecule has 2 aromatic rings. The Morgan fingerprint density at radius 2 is 1.94 bits per heavy atom. The molecule has 0 atom stereocenters. The van der Waals surface area contributed by atoms with Gasteiger partial charge >= 0.3 is 6.18 Å². The van der Waals surface area contributed by atoms with Crippen LogP contribution in [0.15, 0.2) is 22.6 Å².